The van der Waals surface area contributed by atoms with E-state index in [1.807, 2.05) is 0 Å². The number of carbonyl (C=O) groups is 6. The Balaban J connectivity index is 1.16. The van der Waals surface area contributed by atoms with Gasteiger partial charge >= 0.3 is 11.9 Å². The third-order valence-electron chi connectivity index (χ3n) is 11.5. The maximum atomic E-state index is 13.8. The second kappa shape index (κ2) is 13.3. The van der Waals surface area contributed by atoms with E-state index in [9.17, 15) is 39.0 Å². The molecule has 0 unspecified atom stereocenters. The zero-order chi connectivity index (χ0) is 34.1. The van der Waals surface area contributed by atoms with Gasteiger partial charge in [-0.05, 0) is 80.1 Å². The normalized spacial score (nSPS) is 31.8. The van der Waals surface area contributed by atoms with E-state index in [0.717, 1.165) is 18.4 Å². The molecule has 0 aliphatic heterocycles. The summed E-state index contributed by atoms with van der Waals surface area (Å²) >= 11 is 0. The zero-order valence-electron chi connectivity index (χ0n) is 27.3. The van der Waals surface area contributed by atoms with Crippen molar-refractivity contribution in [2.24, 2.45) is 28.6 Å². The van der Waals surface area contributed by atoms with Gasteiger partial charge in [0.15, 0.2) is 12.4 Å². The van der Waals surface area contributed by atoms with Crippen LogP contribution < -0.4 is 5.32 Å². The highest BCUT2D eigenvalue weighted by atomic mass is 16.5. The Hall–Kier alpha value is -3.86. The number of amides is 1. The number of rotatable bonds is 11. The summed E-state index contributed by atoms with van der Waals surface area (Å²) in [6.07, 6.45) is 4.44. The molecule has 0 heterocycles. The first-order valence-corrected chi connectivity index (χ1v) is 16.6. The first-order chi connectivity index (χ1) is 22.2. The van der Waals surface area contributed by atoms with E-state index < -0.39 is 47.3 Å². The van der Waals surface area contributed by atoms with Crippen LogP contribution in [0.4, 0.5) is 0 Å². The Morgan fingerprint density at radius 1 is 1.00 bits per heavy atom. The number of allylic oxidation sites excluding steroid dienone is 1. The summed E-state index contributed by atoms with van der Waals surface area (Å²) in [6, 6.07) is 5.15. The maximum absolute atomic E-state index is 13.8. The van der Waals surface area contributed by atoms with E-state index in [0.29, 0.717) is 24.8 Å². The van der Waals surface area contributed by atoms with Gasteiger partial charge in [-0.1, -0.05) is 31.6 Å². The van der Waals surface area contributed by atoms with Crippen LogP contribution in [0.1, 0.15) is 84.1 Å². The van der Waals surface area contributed by atoms with Gasteiger partial charge in [-0.25, -0.2) is 4.79 Å². The number of ether oxygens (including phenoxy) is 2. The highest BCUT2D eigenvalue weighted by Gasteiger charge is 2.68. The molecule has 0 aromatic heterocycles. The summed E-state index contributed by atoms with van der Waals surface area (Å²) in [6.45, 7) is 4.97. The summed E-state index contributed by atoms with van der Waals surface area (Å²) in [7, 11) is 0. The van der Waals surface area contributed by atoms with Crippen LogP contribution in [-0.4, -0.2) is 70.3 Å². The lowest BCUT2D eigenvalue weighted by molar-refractivity contribution is -0.173. The highest BCUT2D eigenvalue weighted by molar-refractivity contribution is 5.95. The molecule has 11 nitrogen and oxygen atoms in total. The predicted molar refractivity (Wildman–Crippen MR) is 168 cm³/mol. The van der Waals surface area contributed by atoms with Gasteiger partial charge in [-0.3, -0.25) is 24.0 Å². The van der Waals surface area contributed by atoms with Gasteiger partial charge in [0.2, 0.25) is 11.7 Å². The monoisotopic (exact) mass is 651 g/mol. The van der Waals surface area contributed by atoms with E-state index in [4.69, 9.17) is 9.47 Å². The number of benzene rings is 1. The molecule has 1 aromatic carbocycles. The molecule has 3 saturated carbocycles. The van der Waals surface area contributed by atoms with Crippen molar-refractivity contribution in [2.45, 2.75) is 96.6 Å². The lowest BCUT2D eigenvalue weighted by Gasteiger charge is -2.57. The van der Waals surface area contributed by atoms with E-state index in [2.05, 4.69) is 12.2 Å². The fourth-order valence-corrected chi connectivity index (χ4v) is 8.97. The molecule has 0 saturated heterocycles. The number of Topliss-reactive ketones (excluding diaryl/α,β-unsaturated/α-hetero) is 2. The third kappa shape index (κ3) is 6.51. The van der Waals surface area contributed by atoms with Gasteiger partial charge in [0.1, 0.15) is 23.2 Å². The predicted octanol–water partition coefficient (Wildman–Crippen LogP) is 3.32. The molecular weight excluding hydrogens is 606 g/mol. The number of ketones is 3. The number of aromatic hydroxyl groups is 1. The van der Waals surface area contributed by atoms with Gasteiger partial charge in [-0.15, -0.1) is 0 Å². The number of nitrogens with one attached hydrogen (secondary N) is 1. The van der Waals surface area contributed by atoms with E-state index in [1.54, 1.807) is 32.1 Å². The molecule has 254 valence electrons. The standard InChI is InChI=1S/C36H45NO10/c1-4-46-33(44)27(17-21-5-8-23(38)9-6-21)37-30(42)11-12-31(43)47-20-29(41)36(45)16-14-26-25-10-7-22-18-24(39)13-15-34(22,2)32(25)28(40)19-35(26,36)3/h5-6,8-9,18,25-27,32,38,45H,4,7,10-17,19-20H2,1-3H3,(H,37,42)/t25-,26+,27-,32+,34-,35-,36-/m0/s1. The van der Waals surface area contributed by atoms with Crippen LogP contribution in [0.15, 0.2) is 35.9 Å². The molecule has 3 N–H and O–H groups in total. The minimum atomic E-state index is -1.84. The Kier molecular flexibility index (Phi) is 9.78. The second-order valence-corrected chi connectivity index (χ2v) is 14.1. The second-order valence-electron chi connectivity index (χ2n) is 14.1. The Bertz CT molecular complexity index is 1480. The number of phenolic OH excluding ortho intramolecular Hbond substituents is 1. The molecule has 0 bridgehead atoms. The maximum Gasteiger partial charge on any atom is 0.328 e. The minimum absolute atomic E-state index is 0.00744. The van der Waals surface area contributed by atoms with Gasteiger partial charge in [0, 0.05) is 37.0 Å². The van der Waals surface area contributed by atoms with Gasteiger partial charge in [0.25, 0.3) is 0 Å². The molecule has 1 aromatic rings. The van der Waals surface area contributed by atoms with E-state index in [-0.39, 0.29) is 79.2 Å². The summed E-state index contributed by atoms with van der Waals surface area (Å²) < 4.78 is 10.3. The zero-order valence-corrected chi connectivity index (χ0v) is 27.3. The summed E-state index contributed by atoms with van der Waals surface area (Å²) in [5, 5.41) is 23.9. The first-order valence-electron chi connectivity index (χ1n) is 16.6. The van der Waals surface area contributed by atoms with Crippen LogP contribution in [0, 0.1) is 28.6 Å². The summed E-state index contributed by atoms with van der Waals surface area (Å²) in [5.74, 6) is -2.85. The number of carbonyl (C=O) groups excluding carboxylic acids is 6. The van der Waals surface area contributed by atoms with Crippen molar-refractivity contribution in [3.63, 3.8) is 0 Å². The number of fused-ring (bicyclic) bond motifs is 5. The number of aliphatic hydroxyl groups is 1. The van der Waals surface area contributed by atoms with Crippen LogP contribution >= 0.6 is 0 Å². The fourth-order valence-electron chi connectivity index (χ4n) is 8.97. The lowest BCUT2D eigenvalue weighted by Crippen LogP contribution is -2.61. The minimum Gasteiger partial charge on any atom is -0.508 e. The lowest BCUT2D eigenvalue weighted by atomic mass is 9.46. The number of phenols is 1. The molecule has 4 aliphatic carbocycles. The first kappa shape index (κ1) is 34.5. The quantitative estimate of drug-likeness (QED) is 0.301. The van der Waals surface area contributed by atoms with Crippen molar-refractivity contribution in [3.05, 3.63) is 41.5 Å². The summed E-state index contributed by atoms with van der Waals surface area (Å²) in [5.41, 5.74) is -1.50. The van der Waals surface area contributed by atoms with E-state index >= 15 is 0 Å². The van der Waals surface area contributed by atoms with Crippen molar-refractivity contribution in [3.8, 4) is 5.75 Å². The molecular formula is C36H45NO10. The number of hydrogen-bond acceptors (Lipinski definition) is 10. The van der Waals surface area contributed by atoms with Crippen molar-refractivity contribution in [1.82, 2.24) is 5.32 Å². The van der Waals surface area contributed by atoms with Crippen LogP contribution in [0.25, 0.3) is 0 Å². The molecule has 3 fully saturated rings. The van der Waals surface area contributed by atoms with Crippen LogP contribution in [0.5, 0.6) is 5.75 Å². The SMILES string of the molecule is CCOC(=O)[C@H](Cc1ccc(O)cc1)NC(=O)CCC(=O)OCC(=O)[C@@]1(O)CC[C@@H]2[C@@H]3CCC4=CC(=O)CC[C@]4(C)[C@H]3C(=O)C[C@@]21C. The Labute approximate surface area is 274 Å². The van der Waals surface area contributed by atoms with Crippen LogP contribution in [0.3, 0.4) is 0 Å². The van der Waals surface area contributed by atoms with E-state index in [1.165, 1.54) is 12.1 Å². The van der Waals surface area contributed by atoms with Crippen LogP contribution in [0.2, 0.25) is 0 Å². The molecule has 11 heteroatoms. The van der Waals surface area contributed by atoms with Crippen molar-refractivity contribution in [2.75, 3.05) is 13.2 Å². The third-order valence-corrected chi connectivity index (χ3v) is 11.5. The smallest absolute Gasteiger partial charge is 0.328 e. The number of esters is 2. The molecule has 0 radical (unpaired) electrons. The topological polar surface area (TPSA) is 173 Å². The average Bonchev–Trinajstić information content (AvgIpc) is 3.30. The van der Waals surface area contributed by atoms with Crippen molar-refractivity contribution >= 4 is 35.2 Å². The Morgan fingerprint density at radius 2 is 1.72 bits per heavy atom. The molecule has 5 rings (SSSR count). The molecule has 4 aliphatic rings. The fraction of sp³-hybridized carbons (Fsp3) is 0.611. The molecule has 7 atom stereocenters. The average molecular weight is 652 g/mol. The van der Waals surface area contributed by atoms with Crippen LogP contribution in [-0.2, 0) is 44.7 Å². The Morgan fingerprint density at radius 3 is 2.43 bits per heavy atom. The van der Waals surface area contributed by atoms with Gasteiger partial charge in [-0.2, -0.15) is 0 Å². The number of hydrogen-bond donors (Lipinski definition) is 3. The highest BCUT2D eigenvalue weighted by Crippen LogP contribution is 2.66. The largest absolute Gasteiger partial charge is 0.508 e. The molecule has 47 heavy (non-hydrogen) atoms. The summed E-state index contributed by atoms with van der Waals surface area (Å²) in [4.78, 5) is 77.1. The van der Waals surface area contributed by atoms with Gasteiger partial charge < -0.3 is 25.0 Å². The molecule has 1 amide bonds. The van der Waals surface area contributed by atoms with Crippen molar-refractivity contribution < 1.29 is 48.5 Å². The molecule has 0 spiro atoms. The van der Waals surface area contributed by atoms with Gasteiger partial charge in [0.05, 0.1) is 13.0 Å². The van der Waals surface area contributed by atoms with Crippen molar-refractivity contribution in [1.29, 1.82) is 0 Å².